The van der Waals surface area contributed by atoms with Gasteiger partial charge in [0.05, 0.1) is 6.61 Å². The van der Waals surface area contributed by atoms with Gasteiger partial charge in [0.2, 0.25) is 11.8 Å². The molecule has 0 bridgehead atoms. The van der Waals surface area contributed by atoms with E-state index in [1.54, 1.807) is 29.2 Å². The zero-order valence-electron chi connectivity index (χ0n) is 20.7. The third-order valence-electron chi connectivity index (χ3n) is 6.97. The summed E-state index contributed by atoms with van der Waals surface area (Å²) >= 11 is 6.09. The molecule has 1 aromatic heterocycles. The van der Waals surface area contributed by atoms with Gasteiger partial charge in [0, 0.05) is 62.3 Å². The number of amides is 2. The smallest absolute Gasteiger partial charge is 0.435 e. The Morgan fingerprint density at radius 2 is 1.84 bits per heavy atom. The first-order valence-electron chi connectivity index (χ1n) is 12.3. The Morgan fingerprint density at radius 1 is 1.08 bits per heavy atom. The fraction of sp³-hybridized carbons (Fsp3) is 0.560. The number of likely N-dealkylation sites (tertiary alicyclic amines) is 1. The standard InChI is InChI=1S/C25H31ClF3N5O3/c1-31-10-12-32(13-11-31)22(35)15-24(18-37-20-5-2-4-19(26)14-20)7-3-8-33(17-24)23(36)16-34-9-6-21(30-34)25(27,28)29/h2,4-6,9,14H,3,7-8,10-13,15-18H2,1H3/t24-/m1/s1. The van der Waals surface area contributed by atoms with E-state index in [2.05, 4.69) is 10.00 Å². The van der Waals surface area contributed by atoms with Crippen molar-refractivity contribution in [1.29, 1.82) is 0 Å². The molecule has 0 aliphatic carbocycles. The van der Waals surface area contributed by atoms with Gasteiger partial charge in [0.1, 0.15) is 12.3 Å². The average Bonchev–Trinajstić information content (AvgIpc) is 3.33. The zero-order valence-corrected chi connectivity index (χ0v) is 21.5. The van der Waals surface area contributed by atoms with Crippen LogP contribution in [0.3, 0.4) is 0 Å². The van der Waals surface area contributed by atoms with Gasteiger partial charge in [-0.3, -0.25) is 14.3 Å². The maximum absolute atomic E-state index is 13.3. The summed E-state index contributed by atoms with van der Waals surface area (Å²) in [6.45, 7) is 3.49. The lowest BCUT2D eigenvalue weighted by atomic mass is 9.77. The summed E-state index contributed by atoms with van der Waals surface area (Å²) in [6.07, 6.45) is -1.89. The predicted molar refractivity (Wildman–Crippen MR) is 131 cm³/mol. The molecule has 0 radical (unpaired) electrons. The van der Waals surface area contributed by atoms with Crippen molar-refractivity contribution in [2.75, 3.05) is 52.9 Å². The van der Waals surface area contributed by atoms with Crippen molar-refractivity contribution in [2.24, 2.45) is 5.41 Å². The van der Waals surface area contributed by atoms with Crippen molar-refractivity contribution in [3.63, 3.8) is 0 Å². The number of piperidine rings is 1. The lowest BCUT2D eigenvalue weighted by Gasteiger charge is -2.43. The van der Waals surface area contributed by atoms with Gasteiger partial charge in [-0.05, 0) is 44.2 Å². The molecular weight excluding hydrogens is 511 g/mol. The van der Waals surface area contributed by atoms with Crippen molar-refractivity contribution < 1.29 is 27.5 Å². The lowest BCUT2D eigenvalue weighted by Crippen LogP contribution is -2.53. The number of halogens is 4. The molecule has 37 heavy (non-hydrogen) atoms. The third-order valence-corrected chi connectivity index (χ3v) is 7.20. The van der Waals surface area contributed by atoms with Crippen LogP contribution in [-0.4, -0.2) is 89.2 Å². The van der Waals surface area contributed by atoms with E-state index in [1.807, 2.05) is 11.9 Å². The van der Waals surface area contributed by atoms with E-state index in [1.165, 1.54) is 0 Å². The summed E-state index contributed by atoms with van der Waals surface area (Å²) in [5.41, 5.74) is -1.68. The maximum Gasteiger partial charge on any atom is 0.435 e. The third kappa shape index (κ3) is 7.16. The van der Waals surface area contributed by atoms with Crippen molar-refractivity contribution in [3.05, 3.63) is 47.2 Å². The van der Waals surface area contributed by atoms with Gasteiger partial charge in [-0.1, -0.05) is 17.7 Å². The zero-order chi connectivity index (χ0) is 26.6. The van der Waals surface area contributed by atoms with Crippen LogP contribution in [0.1, 0.15) is 25.0 Å². The molecule has 0 unspecified atom stereocenters. The number of likely N-dealkylation sites (N-methyl/N-ethyl adjacent to an activating group) is 1. The molecule has 2 amide bonds. The van der Waals surface area contributed by atoms with Gasteiger partial charge in [0.15, 0.2) is 5.69 Å². The van der Waals surface area contributed by atoms with Gasteiger partial charge in [-0.15, -0.1) is 0 Å². The molecule has 2 aromatic rings. The highest BCUT2D eigenvalue weighted by molar-refractivity contribution is 6.30. The van der Waals surface area contributed by atoms with E-state index in [4.69, 9.17) is 16.3 Å². The highest BCUT2D eigenvalue weighted by atomic mass is 35.5. The van der Waals surface area contributed by atoms with Crippen molar-refractivity contribution in [2.45, 2.75) is 32.0 Å². The Kier molecular flexibility index (Phi) is 8.33. The quantitative estimate of drug-likeness (QED) is 0.537. The topological polar surface area (TPSA) is 70.9 Å². The van der Waals surface area contributed by atoms with Crippen LogP contribution in [0, 0.1) is 5.41 Å². The number of benzene rings is 1. The highest BCUT2D eigenvalue weighted by Gasteiger charge is 2.41. The normalized spacial score (nSPS) is 21.2. The van der Waals surface area contributed by atoms with Crippen LogP contribution in [0.4, 0.5) is 13.2 Å². The van der Waals surface area contributed by atoms with E-state index >= 15 is 0 Å². The number of carbonyl (C=O) groups excluding carboxylic acids is 2. The Bertz CT molecular complexity index is 1100. The van der Waals surface area contributed by atoms with Crippen molar-refractivity contribution in [1.82, 2.24) is 24.5 Å². The van der Waals surface area contributed by atoms with Crippen LogP contribution < -0.4 is 4.74 Å². The van der Waals surface area contributed by atoms with Gasteiger partial charge in [-0.25, -0.2) is 0 Å². The van der Waals surface area contributed by atoms with Crippen LogP contribution in [0.25, 0.3) is 0 Å². The summed E-state index contributed by atoms with van der Waals surface area (Å²) in [4.78, 5) is 32.0. The maximum atomic E-state index is 13.3. The molecule has 0 N–H and O–H groups in total. The summed E-state index contributed by atoms with van der Waals surface area (Å²) in [6, 6.07) is 7.83. The largest absolute Gasteiger partial charge is 0.493 e. The van der Waals surface area contributed by atoms with Crippen molar-refractivity contribution in [3.8, 4) is 5.75 Å². The van der Waals surface area contributed by atoms with Crippen LogP contribution in [0.5, 0.6) is 5.75 Å². The van der Waals surface area contributed by atoms with Crippen LogP contribution in [0.15, 0.2) is 36.5 Å². The fourth-order valence-corrected chi connectivity index (χ4v) is 5.04. The SMILES string of the molecule is CN1CCN(C(=O)C[C@]2(COc3cccc(Cl)c3)CCCN(C(=O)Cn3ccc(C(F)(F)F)n3)C2)CC1. The molecule has 2 fully saturated rings. The predicted octanol–water partition coefficient (Wildman–Crippen LogP) is 3.41. The second-order valence-electron chi connectivity index (χ2n) is 9.92. The number of carbonyl (C=O) groups is 2. The molecule has 1 aromatic carbocycles. The monoisotopic (exact) mass is 541 g/mol. The summed E-state index contributed by atoms with van der Waals surface area (Å²) in [5.74, 6) is 0.230. The number of hydrogen-bond acceptors (Lipinski definition) is 5. The van der Waals surface area contributed by atoms with Gasteiger partial charge in [-0.2, -0.15) is 18.3 Å². The molecule has 0 spiro atoms. The molecule has 0 saturated carbocycles. The fourth-order valence-electron chi connectivity index (χ4n) is 4.86. The van der Waals surface area contributed by atoms with Gasteiger partial charge < -0.3 is 19.4 Å². The molecule has 3 heterocycles. The Balaban J connectivity index is 1.48. The Hall–Kier alpha value is -2.79. The van der Waals surface area contributed by atoms with E-state index in [0.717, 1.165) is 30.0 Å². The average molecular weight is 542 g/mol. The first kappa shape index (κ1) is 27.3. The second-order valence-corrected chi connectivity index (χ2v) is 10.4. The Labute approximate surface area is 218 Å². The van der Waals surface area contributed by atoms with Gasteiger partial charge in [0.25, 0.3) is 0 Å². The molecule has 2 aliphatic heterocycles. The van der Waals surface area contributed by atoms with E-state index in [9.17, 15) is 22.8 Å². The second kappa shape index (κ2) is 11.3. The van der Waals surface area contributed by atoms with Crippen LogP contribution in [-0.2, 0) is 22.3 Å². The molecule has 2 aliphatic rings. The summed E-state index contributed by atoms with van der Waals surface area (Å²) in [5, 5.41) is 4.02. The molecule has 202 valence electrons. The minimum absolute atomic E-state index is 0.0130. The first-order chi connectivity index (χ1) is 17.5. The van der Waals surface area contributed by atoms with E-state index < -0.39 is 17.3 Å². The lowest BCUT2D eigenvalue weighted by molar-refractivity contribution is -0.143. The van der Waals surface area contributed by atoms with Gasteiger partial charge >= 0.3 is 6.18 Å². The summed E-state index contributed by atoms with van der Waals surface area (Å²) in [7, 11) is 2.02. The number of rotatable bonds is 7. The minimum Gasteiger partial charge on any atom is -0.493 e. The molecule has 4 rings (SSSR count). The minimum atomic E-state index is -4.57. The van der Waals surface area contributed by atoms with E-state index in [0.29, 0.717) is 43.2 Å². The molecule has 12 heteroatoms. The number of nitrogens with zero attached hydrogens (tertiary/aromatic N) is 5. The summed E-state index contributed by atoms with van der Waals surface area (Å²) < 4.78 is 45.8. The number of piperazine rings is 1. The number of ether oxygens (including phenoxy) is 1. The number of alkyl halides is 3. The Morgan fingerprint density at radius 3 is 2.51 bits per heavy atom. The molecule has 8 nitrogen and oxygen atoms in total. The number of aromatic nitrogens is 2. The number of hydrogen-bond donors (Lipinski definition) is 0. The van der Waals surface area contributed by atoms with Crippen LogP contribution >= 0.6 is 11.6 Å². The van der Waals surface area contributed by atoms with Crippen molar-refractivity contribution >= 4 is 23.4 Å². The highest BCUT2D eigenvalue weighted by Crippen LogP contribution is 2.36. The molecule has 2 saturated heterocycles. The van der Waals surface area contributed by atoms with E-state index in [-0.39, 0.29) is 37.9 Å². The molecule has 1 atom stereocenters. The van der Waals surface area contributed by atoms with Crippen LogP contribution in [0.2, 0.25) is 5.02 Å². The first-order valence-corrected chi connectivity index (χ1v) is 12.6. The molecular formula is C25H31ClF3N5O3.